The van der Waals surface area contributed by atoms with Crippen LogP contribution in [0.5, 0.6) is 5.75 Å². The number of carbonyl (C=O) groups is 1. The number of aromatic hydroxyl groups is 1. The summed E-state index contributed by atoms with van der Waals surface area (Å²) in [6.07, 6.45) is 0.523. The number of rotatable bonds is 7. The third-order valence-electron chi connectivity index (χ3n) is 5.13. The van der Waals surface area contributed by atoms with Crippen LogP contribution in [0.1, 0.15) is 42.3 Å². The van der Waals surface area contributed by atoms with Crippen molar-refractivity contribution in [3.05, 3.63) is 65.5 Å². The van der Waals surface area contributed by atoms with Crippen LogP contribution in [0, 0.1) is 5.82 Å². The monoisotopic (exact) mass is 570 g/mol. The van der Waals surface area contributed by atoms with Gasteiger partial charge in [0.05, 0.1) is 12.6 Å². The van der Waals surface area contributed by atoms with Gasteiger partial charge in [0.15, 0.2) is 5.96 Å². The number of hydrogen-bond acceptors (Lipinski definition) is 4. The molecule has 1 saturated heterocycles. The summed E-state index contributed by atoms with van der Waals surface area (Å²) in [5.41, 5.74) is 1.37. The maximum atomic E-state index is 13.3. The van der Waals surface area contributed by atoms with Crippen molar-refractivity contribution in [2.24, 2.45) is 4.99 Å². The van der Waals surface area contributed by atoms with E-state index in [1.54, 1.807) is 24.3 Å². The molecule has 0 radical (unpaired) electrons. The summed E-state index contributed by atoms with van der Waals surface area (Å²) in [5, 5.41) is 15.7. The molecule has 0 saturated carbocycles. The first-order valence-electron chi connectivity index (χ1n) is 11.0. The molecule has 2 aromatic rings. The van der Waals surface area contributed by atoms with Gasteiger partial charge in [-0.25, -0.2) is 4.39 Å². The summed E-state index contributed by atoms with van der Waals surface area (Å²) in [4.78, 5) is 19.0. The molecule has 1 fully saturated rings. The lowest BCUT2D eigenvalue weighted by molar-refractivity contribution is -0.0605. The van der Waals surface area contributed by atoms with E-state index in [-0.39, 0.29) is 53.7 Å². The molecular formula is C24H32FIN4O3. The number of morpholine rings is 1. The van der Waals surface area contributed by atoms with Crippen molar-refractivity contribution in [1.82, 2.24) is 15.5 Å². The number of aliphatic imine (C=N–C) groups is 1. The second kappa shape index (κ2) is 13.3. The largest absolute Gasteiger partial charge is 0.508 e. The molecule has 33 heavy (non-hydrogen) atoms. The van der Waals surface area contributed by atoms with E-state index in [4.69, 9.17) is 9.73 Å². The van der Waals surface area contributed by atoms with Crippen LogP contribution in [0.25, 0.3) is 0 Å². The van der Waals surface area contributed by atoms with Gasteiger partial charge in [-0.3, -0.25) is 9.79 Å². The van der Waals surface area contributed by atoms with Crippen LogP contribution in [0.3, 0.4) is 0 Å². The minimum absolute atomic E-state index is 0. The topological polar surface area (TPSA) is 86.2 Å². The molecule has 0 aliphatic carbocycles. The molecule has 3 N–H and O–H groups in total. The van der Waals surface area contributed by atoms with Crippen LogP contribution in [-0.2, 0) is 4.74 Å². The lowest BCUT2D eigenvalue weighted by atomic mass is 10.1. The number of nitrogens with one attached hydrogen (secondary N) is 2. The molecule has 1 amide bonds. The van der Waals surface area contributed by atoms with E-state index in [1.165, 1.54) is 24.3 Å². The molecule has 7 nitrogen and oxygen atoms in total. The Labute approximate surface area is 211 Å². The number of phenols is 1. The van der Waals surface area contributed by atoms with E-state index in [2.05, 4.69) is 15.5 Å². The molecule has 0 bridgehead atoms. The van der Waals surface area contributed by atoms with Crippen LogP contribution >= 0.6 is 24.0 Å². The van der Waals surface area contributed by atoms with E-state index < -0.39 is 0 Å². The molecule has 1 heterocycles. The van der Waals surface area contributed by atoms with Crippen LogP contribution in [0.2, 0.25) is 0 Å². The van der Waals surface area contributed by atoms with Gasteiger partial charge in [-0.1, -0.05) is 18.2 Å². The molecule has 2 atom stereocenters. The molecule has 3 rings (SSSR count). The van der Waals surface area contributed by atoms with Gasteiger partial charge >= 0.3 is 0 Å². The molecular weight excluding hydrogens is 538 g/mol. The average Bonchev–Trinajstić information content (AvgIpc) is 2.78. The average molecular weight is 570 g/mol. The SMILES string of the molecule is CCNC(=NCCCNC(=O)c1cccc(O)c1)N1CC(C)OC(c2ccc(F)cc2)C1.I. The number of halogens is 2. The standard InChI is InChI=1S/C24H31FN4O3.HI/c1-3-26-24(28-13-5-12-27-23(31)19-6-4-7-21(30)14-19)29-15-17(2)32-22(16-29)18-8-10-20(25)11-9-18;/h4,6-11,14,17,22,30H,3,5,12-13,15-16H2,1-2H3,(H,26,28)(H,27,31);1H. The van der Waals surface area contributed by atoms with E-state index in [1.807, 2.05) is 13.8 Å². The predicted octanol–water partition coefficient (Wildman–Crippen LogP) is 3.70. The molecule has 2 unspecified atom stereocenters. The first kappa shape index (κ1) is 26.8. The van der Waals surface area contributed by atoms with E-state index in [0.29, 0.717) is 38.2 Å². The highest BCUT2D eigenvalue weighted by atomic mass is 127. The van der Waals surface area contributed by atoms with Gasteiger partial charge in [-0.15, -0.1) is 24.0 Å². The molecule has 1 aliphatic rings. The fourth-order valence-corrected chi connectivity index (χ4v) is 3.63. The fraction of sp³-hybridized carbons (Fsp3) is 0.417. The second-order valence-corrected chi connectivity index (χ2v) is 7.79. The third-order valence-corrected chi connectivity index (χ3v) is 5.13. The highest BCUT2D eigenvalue weighted by molar-refractivity contribution is 14.0. The van der Waals surface area contributed by atoms with Crippen molar-refractivity contribution in [2.45, 2.75) is 32.5 Å². The lowest BCUT2D eigenvalue weighted by Crippen LogP contribution is -2.50. The number of carbonyl (C=O) groups excluding carboxylic acids is 1. The number of benzene rings is 2. The molecule has 9 heteroatoms. The maximum absolute atomic E-state index is 13.3. The number of ether oxygens (including phenoxy) is 1. The maximum Gasteiger partial charge on any atom is 0.251 e. The summed E-state index contributed by atoms with van der Waals surface area (Å²) in [5.74, 6) is 0.381. The Balaban J connectivity index is 0.00000385. The summed E-state index contributed by atoms with van der Waals surface area (Å²) >= 11 is 0. The first-order valence-corrected chi connectivity index (χ1v) is 11.0. The fourth-order valence-electron chi connectivity index (χ4n) is 3.63. The zero-order chi connectivity index (χ0) is 22.9. The summed E-state index contributed by atoms with van der Waals surface area (Å²) < 4.78 is 19.4. The molecule has 1 aliphatic heterocycles. The van der Waals surface area contributed by atoms with Crippen molar-refractivity contribution in [1.29, 1.82) is 0 Å². The Hall–Kier alpha value is -2.40. The smallest absolute Gasteiger partial charge is 0.251 e. The molecule has 2 aromatic carbocycles. The van der Waals surface area contributed by atoms with Gasteiger partial charge in [-0.05, 0) is 56.2 Å². The van der Waals surface area contributed by atoms with E-state index >= 15 is 0 Å². The Morgan fingerprint density at radius 3 is 2.67 bits per heavy atom. The number of nitrogens with zero attached hydrogens (tertiary/aromatic N) is 2. The summed E-state index contributed by atoms with van der Waals surface area (Å²) in [6.45, 7) is 7.13. The Morgan fingerprint density at radius 1 is 1.21 bits per heavy atom. The summed E-state index contributed by atoms with van der Waals surface area (Å²) in [7, 11) is 0. The Morgan fingerprint density at radius 2 is 1.97 bits per heavy atom. The van der Waals surface area contributed by atoms with Crippen molar-refractivity contribution in [2.75, 3.05) is 32.7 Å². The van der Waals surface area contributed by atoms with Gasteiger partial charge in [0, 0.05) is 31.7 Å². The van der Waals surface area contributed by atoms with E-state index in [9.17, 15) is 14.3 Å². The van der Waals surface area contributed by atoms with Crippen LogP contribution in [-0.4, -0.2) is 60.7 Å². The number of phenolic OH excluding ortho intramolecular Hbond substituents is 1. The van der Waals surface area contributed by atoms with Crippen molar-refractivity contribution < 1.29 is 19.0 Å². The lowest BCUT2D eigenvalue weighted by Gasteiger charge is -2.38. The van der Waals surface area contributed by atoms with Crippen molar-refractivity contribution in [3.8, 4) is 5.75 Å². The quantitative estimate of drug-likeness (QED) is 0.205. The van der Waals surface area contributed by atoms with E-state index in [0.717, 1.165) is 18.1 Å². The van der Waals surface area contributed by atoms with Gasteiger partial charge in [-0.2, -0.15) is 0 Å². The zero-order valence-corrected chi connectivity index (χ0v) is 21.3. The predicted molar refractivity (Wildman–Crippen MR) is 138 cm³/mol. The highest BCUT2D eigenvalue weighted by Gasteiger charge is 2.28. The van der Waals surface area contributed by atoms with Crippen LogP contribution in [0.4, 0.5) is 4.39 Å². The van der Waals surface area contributed by atoms with Gasteiger partial charge in [0.25, 0.3) is 5.91 Å². The highest BCUT2D eigenvalue weighted by Crippen LogP contribution is 2.25. The third kappa shape index (κ3) is 8.15. The van der Waals surface area contributed by atoms with Crippen molar-refractivity contribution >= 4 is 35.8 Å². The number of amides is 1. The Bertz CT molecular complexity index is 926. The van der Waals surface area contributed by atoms with Gasteiger partial charge in [0.1, 0.15) is 17.7 Å². The van der Waals surface area contributed by atoms with Crippen LogP contribution in [0.15, 0.2) is 53.5 Å². The molecule has 0 spiro atoms. The number of hydrogen-bond donors (Lipinski definition) is 3. The first-order chi connectivity index (χ1) is 15.5. The summed E-state index contributed by atoms with van der Waals surface area (Å²) in [6, 6.07) is 12.7. The van der Waals surface area contributed by atoms with Crippen LogP contribution < -0.4 is 10.6 Å². The zero-order valence-electron chi connectivity index (χ0n) is 19.0. The second-order valence-electron chi connectivity index (χ2n) is 7.79. The minimum atomic E-state index is -0.263. The normalized spacial score (nSPS) is 18.4. The van der Waals surface area contributed by atoms with Gasteiger partial charge < -0.3 is 25.4 Å². The van der Waals surface area contributed by atoms with Crippen molar-refractivity contribution in [3.63, 3.8) is 0 Å². The molecule has 0 aromatic heterocycles. The molecule has 180 valence electrons. The van der Waals surface area contributed by atoms with Gasteiger partial charge in [0.2, 0.25) is 0 Å². The Kier molecular flexibility index (Phi) is 10.9. The number of guanidine groups is 1. The minimum Gasteiger partial charge on any atom is -0.508 e.